The lowest BCUT2D eigenvalue weighted by molar-refractivity contribution is 0.0600. The molecule has 0 atom stereocenters. The highest BCUT2D eigenvalue weighted by molar-refractivity contribution is 5.90. The van der Waals surface area contributed by atoms with Crippen molar-refractivity contribution in [3.8, 4) is 23.0 Å². The van der Waals surface area contributed by atoms with Crippen molar-refractivity contribution >= 4 is 5.97 Å². The molecule has 0 aliphatic heterocycles. The highest BCUT2D eigenvalue weighted by atomic mass is 16.5. The second-order valence-electron chi connectivity index (χ2n) is 5.51. The normalized spacial score (nSPS) is 10.2. The van der Waals surface area contributed by atoms with Crippen molar-refractivity contribution in [3.05, 3.63) is 83.9 Å². The van der Waals surface area contributed by atoms with E-state index in [0.29, 0.717) is 28.6 Å². The number of carbonyl (C=O) groups is 1. The summed E-state index contributed by atoms with van der Waals surface area (Å²) < 4.78 is 16.5. The van der Waals surface area contributed by atoms with Crippen LogP contribution >= 0.6 is 0 Å². The highest BCUT2D eigenvalue weighted by Gasteiger charge is 2.12. The fraction of sp³-hybridized carbons (Fsp3) is 0.0952. The van der Waals surface area contributed by atoms with Crippen molar-refractivity contribution in [2.75, 3.05) is 7.11 Å². The van der Waals surface area contributed by atoms with Gasteiger partial charge in [0.05, 0.1) is 12.7 Å². The average molecular weight is 334 g/mol. The SMILES string of the molecule is COC(=O)c1cc(Oc2ccccc2)cc(Oc2ccc(C)cc2)c1. The quantitative estimate of drug-likeness (QED) is 0.589. The molecule has 0 N–H and O–H groups in total. The van der Waals surface area contributed by atoms with Crippen LogP contribution < -0.4 is 9.47 Å². The van der Waals surface area contributed by atoms with Gasteiger partial charge in [0, 0.05) is 6.07 Å². The van der Waals surface area contributed by atoms with Crippen LogP contribution in [0, 0.1) is 6.92 Å². The van der Waals surface area contributed by atoms with Gasteiger partial charge in [-0.05, 0) is 43.3 Å². The minimum absolute atomic E-state index is 0.359. The minimum Gasteiger partial charge on any atom is -0.465 e. The third-order valence-corrected chi connectivity index (χ3v) is 3.54. The Hall–Kier alpha value is -3.27. The summed E-state index contributed by atoms with van der Waals surface area (Å²) in [6.45, 7) is 2.01. The van der Waals surface area contributed by atoms with Crippen molar-refractivity contribution in [2.24, 2.45) is 0 Å². The topological polar surface area (TPSA) is 44.8 Å². The van der Waals surface area contributed by atoms with Gasteiger partial charge in [-0.2, -0.15) is 0 Å². The first-order valence-corrected chi connectivity index (χ1v) is 7.85. The van der Waals surface area contributed by atoms with Gasteiger partial charge >= 0.3 is 5.97 Å². The van der Waals surface area contributed by atoms with Gasteiger partial charge in [-0.3, -0.25) is 0 Å². The molecule has 0 aliphatic rings. The molecule has 4 heteroatoms. The smallest absolute Gasteiger partial charge is 0.338 e. The molecule has 0 unspecified atom stereocenters. The van der Waals surface area contributed by atoms with E-state index in [1.54, 1.807) is 18.2 Å². The van der Waals surface area contributed by atoms with E-state index in [0.717, 1.165) is 5.56 Å². The first-order valence-electron chi connectivity index (χ1n) is 7.85. The maximum Gasteiger partial charge on any atom is 0.338 e. The van der Waals surface area contributed by atoms with E-state index in [-0.39, 0.29) is 0 Å². The first-order chi connectivity index (χ1) is 12.1. The molecule has 0 bridgehead atoms. The zero-order valence-corrected chi connectivity index (χ0v) is 14.1. The average Bonchev–Trinajstić information content (AvgIpc) is 2.63. The Bertz CT molecular complexity index is 855. The zero-order chi connectivity index (χ0) is 17.6. The summed E-state index contributed by atoms with van der Waals surface area (Å²) in [6, 6.07) is 22.0. The Balaban J connectivity index is 1.92. The lowest BCUT2D eigenvalue weighted by Gasteiger charge is -2.11. The third-order valence-electron chi connectivity index (χ3n) is 3.54. The Labute approximate surface area is 146 Å². The Morgan fingerprint density at radius 3 is 1.84 bits per heavy atom. The van der Waals surface area contributed by atoms with E-state index < -0.39 is 5.97 Å². The summed E-state index contributed by atoms with van der Waals surface area (Å²) >= 11 is 0. The molecule has 0 amide bonds. The number of esters is 1. The predicted molar refractivity (Wildman–Crippen MR) is 95.6 cm³/mol. The molecular weight excluding hydrogens is 316 g/mol. The van der Waals surface area contributed by atoms with Gasteiger partial charge in [-0.15, -0.1) is 0 Å². The van der Waals surface area contributed by atoms with Gasteiger partial charge < -0.3 is 14.2 Å². The van der Waals surface area contributed by atoms with Crippen LogP contribution in [0.25, 0.3) is 0 Å². The zero-order valence-electron chi connectivity index (χ0n) is 14.1. The third kappa shape index (κ3) is 4.38. The summed E-state index contributed by atoms with van der Waals surface area (Å²) in [5.74, 6) is 1.89. The molecule has 0 spiro atoms. The van der Waals surface area contributed by atoms with Crippen LogP contribution in [0.1, 0.15) is 15.9 Å². The molecule has 0 radical (unpaired) electrons. The first kappa shape index (κ1) is 16.6. The maximum atomic E-state index is 11.9. The van der Waals surface area contributed by atoms with Crippen LogP contribution in [0.15, 0.2) is 72.8 Å². The van der Waals surface area contributed by atoms with E-state index in [4.69, 9.17) is 14.2 Å². The van der Waals surface area contributed by atoms with Crippen LogP contribution in [0.3, 0.4) is 0 Å². The fourth-order valence-corrected chi connectivity index (χ4v) is 2.29. The summed E-state index contributed by atoms with van der Waals surface area (Å²) in [5, 5.41) is 0. The molecule has 3 aromatic rings. The molecule has 0 aliphatic carbocycles. The van der Waals surface area contributed by atoms with Crippen LogP contribution in [0.5, 0.6) is 23.0 Å². The standard InChI is InChI=1S/C21H18O4/c1-15-8-10-18(11-9-15)25-20-13-16(21(22)23-2)12-19(14-20)24-17-6-4-3-5-7-17/h3-14H,1-2H3. The second-order valence-corrected chi connectivity index (χ2v) is 5.51. The van der Waals surface area contributed by atoms with Crippen LogP contribution in [-0.4, -0.2) is 13.1 Å². The summed E-state index contributed by atoms with van der Waals surface area (Å²) in [7, 11) is 1.34. The van der Waals surface area contributed by atoms with Crippen molar-refractivity contribution < 1.29 is 19.0 Å². The fourth-order valence-electron chi connectivity index (χ4n) is 2.29. The lowest BCUT2D eigenvalue weighted by atomic mass is 10.2. The Morgan fingerprint density at radius 2 is 1.28 bits per heavy atom. The molecule has 0 saturated heterocycles. The highest BCUT2D eigenvalue weighted by Crippen LogP contribution is 2.30. The number of carbonyl (C=O) groups excluding carboxylic acids is 1. The van der Waals surface area contributed by atoms with Gasteiger partial charge in [0.15, 0.2) is 0 Å². The predicted octanol–water partition coefficient (Wildman–Crippen LogP) is 5.37. The molecule has 0 fully saturated rings. The van der Waals surface area contributed by atoms with Crippen LogP contribution in [0.2, 0.25) is 0 Å². The molecule has 0 heterocycles. The van der Waals surface area contributed by atoms with E-state index >= 15 is 0 Å². The van der Waals surface area contributed by atoms with E-state index in [1.165, 1.54) is 7.11 Å². The lowest BCUT2D eigenvalue weighted by Crippen LogP contribution is -2.02. The largest absolute Gasteiger partial charge is 0.465 e. The number of methoxy groups -OCH3 is 1. The Kier molecular flexibility index (Phi) is 5.00. The maximum absolute atomic E-state index is 11.9. The number of benzene rings is 3. The number of hydrogen-bond acceptors (Lipinski definition) is 4. The molecule has 3 aromatic carbocycles. The molecule has 0 saturated carbocycles. The number of hydrogen-bond donors (Lipinski definition) is 0. The van der Waals surface area contributed by atoms with Crippen LogP contribution in [-0.2, 0) is 4.74 Å². The van der Waals surface area contributed by atoms with Crippen molar-refractivity contribution in [1.29, 1.82) is 0 Å². The van der Waals surface area contributed by atoms with E-state index in [9.17, 15) is 4.79 Å². The minimum atomic E-state index is -0.452. The monoisotopic (exact) mass is 334 g/mol. The van der Waals surface area contributed by atoms with Gasteiger partial charge in [0.1, 0.15) is 23.0 Å². The molecule has 126 valence electrons. The molecule has 4 nitrogen and oxygen atoms in total. The molecule has 25 heavy (non-hydrogen) atoms. The number of aryl methyl sites for hydroxylation is 1. The van der Waals surface area contributed by atoms with Crippen molar-refractivity contribution in [1.82, 2.24) is 0 Å². The van der Waals surface area contributed by atoms with Gasteiger partial charge in [-0.1, -0.05) is 35.9 Å². The number of rotatable bonds is 5. The van der Waals surface area contributed by atoms with Crippen molar-refractivity contribution in [3.63, 3.8) is 0 Å². The number of para-hydroxylation sites is 1. The van der Waals surface area contributed by atoms with Gasteiger partial charge in [0.25, 0.3) is 0 Å². The molecular formula is C21H18O4. The summed E-state index contributed by atoms with van der Waals surface area (Å²) in [6.07, 6.45) is 0. The van der Waals surface area contributed by atoms with E-state index in [2.05, 4.69) is 0 Å². The molecule has 0 aromatic heterocycles. The number of ether oxygens (including phenoxy) is 3. The summed E-state index contributed by atoms with van der Waals surface area (Å²) in [5.41, 5.74) is 1.50. The van der Waals surface area contributed by atoms with Crippen molar-refractivity contribution in [2.45, 2.75) is 6.92 Å². The van der Waals surface area contributed by atoms with Gasteiger partial charge in [0.2, 0.25) is 0 Å². The van der Waals surface area contributed by atoms with Gasteiger partial charge in [-0.25, -0.2) is 4.79 Å². The Morgan fingerprint density at radius 1 is 0.720 bits per heavy atom. The van der Waals surface area contributed by atoms with E-state index in [1.807, 2.05) is 61.5 Å². The summed E-state index contributed by atoms with van der Waals surface area (Å²) in [4.78, 5) is 11.9. The van der Waals surface area contributed by atoms with Crippen LogP contribution in [0.4, 0.5) is 0 Å². The second kappa shape index (κ2) is 7.53. The molecule has 3 rings (SSSR count).